The average molecular weight is 243 g/mol. The van der Waals surface area contributed by atoms with E-state index in [1.165, 1.54) is 48.3 Å². The second-order valence-electron chi connectivity index (χ2n) is 4.49. The van der Waals surface area contributed by atoms with Crippen LogP contribution in [0.5, 0.6) is 0 Å². The lowest BCUT2D eigenvalue weighted by atomic mass is 9.86. The van der Waals surface area contributed by atoms with Crippen LogP contribution < -0.4 is 0 Å². The zero-order chi connectivity index (χ0) is 10.7. The van der Waals surface area contributed by atoms with Crippen LogP contribution in [0.15, 0.2) is 12.1 Å². The minimum Gasteiger partial charge on any atom is -0.145 e. The highest BCUT2D eigenvalue weighted by Gasteiger charge is 2.23. The summed E-state index contributed by atoms with van der Waals surface area (Å²) in [5.74, 6) is 0.726. The van der Waals surface area contributed by atoms with Gasteiger partial charge in [0, 0.05) is 15.1 Å². The molecule has 84 valence electrons. The molecule has 0 radical (unpaired) electrons. The summed E-state index contributed by atoms with van der Waals surface area (Å²) in [5.41, 5.74) is 0. The van der Waals surface area contributed by atoms with E-state index in [4.69, 9.17) is 11.6 Å². The quantitative estimate of drug-likeness (QED) is 0.677. The summed E-state index contributed by atoms with van der Waals surface area (Å²) in [6.45, 7) is 2.22. The monoisotopic (exact) mass is 242 g/mol. The summed E-state index contributed by atoms with van der Waals surface area (Å²) >= 11 is 8.35. The van der Waals surface area contributed by atoms with Gasteiger partial charge in [-0.15, -0.1) is 22.9 Å². The summed E-state index contributed by atoms with van der Waals surface area (Å²) < 4.78 is 0. The molecule has 1 saturated carbocycles. The van der Waals surface area contributed by atoms with Crippen molar-refractivity contribution in [3.63, 3.8) is 0 Å². The van der Waals surface area contributed by atoms with Gasteiger partial charge in [-0.1, -0.05) is 19.8 Å². The van der Waals surface area contributed by atoms with Crippen LogP contribution in [0.4, 0.5) is 0 Å². The second kappa shape index (κ2) is 5.36. The molecule has 0 bridgehead atoms. The third-order valence-corrected chi connectivity index (χ3v) is 5.17. The fourth-order valence-electron chi connectivity index (χ4n) is 2.37. The van der Waals surface area contributed by atoms with E-state index in [2.05, 4.69) is 19.1 Å². The lowest BCUT2D eigenvalue weighted by molar-refractivity contribution is 0.365. The molecule has 2 heteroatoms. The number of alkyl halides is 1. The maximum absolute atomic E-state index is 6.38. The molecule has 0 amide bonds. The van der Waals surface area contributed by atoms with Gasteiger partial charge in [0.15, 0.2) is 0 Å². The summed E-state index contributed by atoms with van der Waals surface area (Å²) in [6.07, 6.45) is 7.62. The average Bonchev–Trinajstić information content (AvgIpc) is 2.69. The van der Waals surface area contributed by atoms with Gasteiger partial charge in [0.2, 0.25) is 0 Å². The highest BCUT2D eigenvalue weighted by atomic mass is 35.5. The first kappa shape index (κ1) is 11.5. The third-order valence-electron chi connectivity index (χ3n) is 3.35. The standard InChI is InChI=1S/C13H19ClS/c1-2-11-7-8-12(15-11)9-10-5-3-4-6-13(10)14/h7-8,10,13H,2-6,9H2,1H3. The molecule has 0 saturated heterocycles. The number of halogens is 1. The van der Waals surface area contributed by atoms with Gasteiger partial charge in [0.1, 0.15) is 0 Å². The van der Waals surface area contributed by atoms with Crippen molar-refractivity contribution >= 4 is 22.9 Å². The van der Waals surface area contributed by atoms with E-state index in [0.29, 0.717) is 5.38 Å². The van der Waals surface area contributed by atoms with Gasteiger partial charge in [-0.25, -0.2) is 0 Å². The molecule has 2 rings (SSSR count). The fraction of sp³-hybridized carbons (Fsp3) is 0.692. The van der Waals surface area contributed by atoms with Crippen molar-refractivity contribution in [3.8, 4) is 0 Å². The molecule has 1 heterocycles. The number of hydrogen-bond acceptors (Lipinski definition) is 1. The molecule has 1 aromatic heterocycles. The largest absolute Gasteiger partial charge is 0.145 e. The highest BCUT2D eigenvalue weighted by Crippen LogP contribution is 2.32. The Kier molecular flexibility index (Phi) is 4.10. The van der Waals surface area contributed by atoms with E-state index in [0.717, 1.165) is 5.92 Å². The first-order chi connectivity index (χ1) is 7.29. The minimum atomic E-state index is 0.422. The molecule has 1 fully saturated rings. The first-order valence-corrected chi connectivity index (χ1v) is 7.26. The molecule has 2 unspecified atom stereocenters. The topological polar surface area (TPSA) is 0 Å². The van der Waals surface area contributed by atoms with Crippen molar-refractivity contribution in [2.45, 2.75) is 50.8 Å². The van der Waals surface area contributed by atoms with Gasteiger partial charge in [-0.2, -0.15) is 0 Å². The van der Waals surface area contributed by atoms with Gasteiger partial charge in [0.05, 0.1) is 0 Å². The molecule has 1 aromatic rings. The number of thiophene rings is 1. The zero-order valence-corrected chi connectivity index (χ0v) is 10.9. The first-order valence-electron chi connectivity index (χ1n) is 6.01. The van der Waals surface area contributed by atoms with Crippen LogP contribution in [0.3, 0.4) is 0 Å². The Labute approximate surface area is 102 Å². The molecule has 0 N–H and O–H groups in total. The third kappa shape index (κ3) is 2.98. The summed E-state index contributed by atoms with van der Waals surface area (Å²) in [5, 5.41) is 0.422. The highest BCUT2D eigenvalue weighted by molar-refractivity contribution is 7.11. The van der Waals surface area contributed by atoms with Crippen molar-refractivity contribution < 1.29 is 0 Å². The summed E-state index contributed by atoms with van der Waals surface area (Å²) in [4.78, 5) is 3.04. The summed E-state index contributed by atoms with van der Waals surface area (Å²) in [6, 6.07) is 4.56. The molecule has 0 nitrogen and oxygen atoms in total. The maximum atomic E-state index is 6.38. The number of rotatable bonds is 3. The molecule has 15 heavy (non-hydrogen) atoms. The van der Waals surface area contributed by atoms with E-state index in [1.54, 1.807) is 0 Å². The Hall–Kier alpha value is -0.0100. The Balaban J connectivity index is 1.95. The molecule has 1 aliphatic carbocycles. The number of hydrogen-bond donors (Lipinski definition) is 0. The second-order valence-corrected chi connectivity index (χ2v) is 6.30. The van der Waals surface area contributed by atoms with Crippen molar-refractivity contribution in [1.29, 1.82) is 0 Å². The normalized spacial score (nSPS) is 26.8. The number of aryl methyl sites for hydroxylation is 1. The van der Waals surface area contributed by atoms with E-state index in [-0.39, 0.29) is 0 Å². The molecular weight excluding hydrogens is 224 g/mol. The van der Waals surface area contributed by atoms with Gasteiger partial charge < -0.3 is 0 Å². The molecular formula is C13H19ClS. The lowest BCUT2D eigenvalue weighted by Crippen LogP contribution is -2.21. The van der Waals surface area contributed by atoms with Gasteiger partial charge in [0.25, 0.3) is 0 Å². The summed E-state index contributed by atoms with van der Waals surface area (Å²) in [7, 11) is 0. The van der Waals surface area contributed by atoms with Crippen molar-refractivity contribution in [3.05, 3.63) is 21.9 Å². The minimum absolute atomic E-state index is 0.422. The van der Waals surface area contributed by atoms with Crippen LogP contribution in [0.25, 0.3) is 0 Å². The van der Waals surface area contributed by atoms with Crippen LogP contribution in [0.1, 0.15) is 42.4 Å². The Bertz CT molecular complexity index is 305. The molecule has 0 aromatic carbocycles. The van der Waals surface area contributed by atoms with E-state index >= 15 is 0 Å². The lowest BCUT2D eigenvalue weighted by Gasteiger charge is -2.26. The van der Waals surface area contributed by atoms with Crippen LogP contribution >= 0.6 is 22.9 Å². The van der Waals surface area contributed by atoms with Crippen LogP contribution in [-0.4, -0.2) is 5.38 Å². The van der Waals surface area contributed by atoms with E-state index < -0.39 is 0 Å². The fourth-order valence-corrected chi connectivity index (χ4v) is 3.79. The Morgan fingerprint density at radius 2 is 2.00 bits per heavy atom. The van der Waals surface area contributed by atoms with Crippen LogP contribution in [-0.2, 0) is 12.8 Å². The van der Waals surface area contributed by atoms with Crippen molar-refractivity contribution in [2.24, 2.45) is 5.92 Å². The van der Waals surface area contributed by atoms with Crippen LogP contribution in [0, 0.1) is 5.92 Å². The van der Waals surface area contributed by atoms with E-state index in [9.17, 15) is 0 Å². The van der Waals surface area contributed by atoms with E-state index in [1.807, 2.05) is 11.3 Å². The predicted octanol–water partition coefficient (Wildman–Crippen LogP) is 4.65. The molecule has 2 atom stereocenters. The smallest absolute Gasteiger partial charge is 0.0367 e. The molecule has 1 aliphatic rings. The van der Waals surface area contributed by atoms with Gasteiger partial charge in [-0.05, 0) is 43.7 Å². The van der Waals surface area contributed by atoms with Crippen LogP contribution in [0.2, 0.25) is 0 Å². The SMILES string of the molecule is CCc1ccc(CC2CCCCC2Cl)s1. The van der Waals surface area contributed by atoms with Gasteiger partial charge >= 0.3 is 0 Å². The molecule has 0 aliphatic heterocycles. The maximum Gasteiger partial charge on any atom is 0.0367 e. The van der Waals surface area contributed by atoms with Gasteiger partial charge in [-0.3, -0.25) is 0 Å². The Morgan fingerprint density at radius 3 is 2.67 bits per heavy atom. The Morgan fingerprint density at radius 1 is 1.27 bits per heavy atom. The predicted molar refractivity (Wildman–Crippen MR) is 69.0 cm³/mol. The van der Waals surface area contributed by atoms with Crippen molar-refractivity contribution in [1.82, 2.24) is 0 Å². The molecule has 0 spiro atoms. The zero-order valence-electron chi connectivity index (χ0n) is 9.34. The van der Waals surface area contributed by atoms with Crippen molar-refractivity contribution in [2.75, 3.05) is 0 Å².